The van der Waals surface area contributed by atoms with Gasteiger partial charge in [-0.2, -0.15) is 0 Å². The van der Waals surface area contributed by atoms with Crippen LogP contribution in [0.4, 0.5) is 4.39 Å². The minimum absolute atomic E-state index is 0.0260. The van der Waals surface area contributed by atoms with Gasteiger partial charge in [0.15, 0.2) is 14.6 Å². The van der Waals surface area contributed by atoms with Crippen LogP contribution in [0.15, 0.2) is 6.07 Å². The number of halogens is 3. The van der Waals surface area contributed by atoms with Crippen molar-refractivity contribution < 1.29 is 13.6 Å². The summed E-state index contributed by atoms with van der Waals surface area (Å²) in [6.45, 7) is 10.6. The van der Waals surface area contributed by atoms with E-state index in [9.17, 15) is 9.18 Å². The van der Waals surface area contributed by atoms with Gasteiger partial charge in [-0.15, -0.1) is 0 Å². The summed E-state index contributed by atoms with van der Waals surface area (Å²) >= 11 is 11.7. The Hall–Kier alpha value is -0.423. The van der Waals surface area contributed by atoms with Crippen LogP contribution in [0.5, 0.6) is 0 Å². The highest BCUT2D eigenvalue weighted by molar-refractivity contribution is 6.74. The Bertz CT molecular complexity index is 525. The van der Waals surface area contributed by atoms with Gasteiger partial charge in [-0.05, 0) is 24.2 Å². The second kappa shape index (κ2) is 6.14. The van der Waals surface area contributed by atoms with Gasteiger partial charge in [-0.3, -0.25) is 4.79 Å². The highest BCUT2D eigenvalue weighted by Gasteiger charge is 2.37. The fourth-order valence-corrected chi connectivity index (χ4v) is 2.88. The van der Waals surface area contributed by atoms with Crippen LogP contribution < -0.4 is 0 Å². The van der Waals surface area contributed by atoms with Crippen LogP contribution in [0, 0.1) is 5.82 Å². The van der Waals surface area contributed by atoms with Gasteiger partial charge < -0.3 is 4.43 Å². The lowest BCUT2D eigenvalue weighted by Gasteiger charge is -2.36. The standard InChI is InChI=1S/C14H19Cl2FO2Si/c1-14(2,3)20(4,5)19-8-9-6-11(15)10(7-18)12(16)13(9)17/h6-7H,8H2,1-5H3. The van der Waals surface area contributed by atoms with Crippen LogP contribution in [0.2, 0.25) is 28.2 Å². The smallest absolute Gasteiger partial charge is 0.192 e. The number of aldehydes is 1. The second-order valence-electron chi connectivity index (χ2n) is 6.23. The van der Waals surface area contributed by atoms with Crippen molar-refractivity contribution in [2.24, 2.45) is 0 Å². The molecule has 1 aromatic rings. The van der Waals surface area contributed by atoms with Gasteiger partial charge in [0.1, 0.15) is 5.82 Å². The quantitative estimate of drug-likeness (QED) is 0.414. The molecule has 2 nitrogen and oxygen atoms in total. The van der Waals surface area contributed by atoms with Crippen LogP contribution >= 0.6 is 23.2 Å². The number of hydrogen-bond donors (Lipinski definition) is 0. The molecule has 0 saturated heterocycles. The van der Waals surface area contributed by atoms with E-state index in [2.05, 4.69) is 33.9 Å². The summed E-state index contributed by atoms with van der Waals surface area (Å²) in [4.78, 5) is 10.8. The molecule has 6 heteroatoms. The van der Waals surface area contributed by atoms with Crippen molar-refractivity contribution >= 4 is 37.8 Å². The number of carbonyl (C=O) groups is 1. The lowest BCUT2D eigenvalue weighted by molar-refractivity contribution is 0.112. The van der Waals surface area contributed by atoms with Crippen molar-refractivity contribution in [2.75, 3.05) is 0 Å². The maximum absolute atomic E-state index is 14.1. The second-order valence-corrected chi connectivity index (χ2v) is 11.8. The third-order valence-electron chi connectivity index (χ3n) is 3.78. The van der Waals surface area contributed by atoms with E-state index in [0.717, 1.165) is 0 Å². The van der Waals surface area contributed by atoms with Crippen LogP contribution in [-0.4, -0.2) is 14.6 Å². The van der Waals surface area contributed by atoms with E-state index in [1.807, 2.05) is 0 Å². The Morgan fingerprint density at radius 3 is 2.35 bits per heavy atom. The summed E-state index contributed by atoms with van der Waals surface area (Å²) in [5, 5.41) is -0.0821. The molecule has 0 aliphatic rings. The first-order valence-electron chi connectivity index (χ1n) is 6.27. The van der Waals surface area contributed by atoms with Gasteiger partial charge in [0.25, 0.3) is 0 Å². The van der Waals surface area contributed by atoms with E-state index in [4.69, 9.17) is 27.6 Å². The lowest BCUT2D eigenvalue weighted by Crippen LogP contribution is -2.40. The zero-order valence-electron chi connectivity index (χ0n) is 12.3. The van der Waals surface area contributed by atoms with Gasteiger partial charge in [-0.1, -0.05) is 44.0 Å². The van der Waals surface area contributed by atoms with Crippen molar-refractivity contribution in [3.8, 4) is 0 Å². The molecule has 0 saturated carbocycles. The van der Waals surface area contributed by atoms with Gasteiger partial charge in [-0.25, -0.2) is 4.39 Å². The first-order chi connectivity index (χ1) is 9.01. The zero-order valence-corrected chi connectivity index (χ0v) is 14.8. The molecule has 0 aliphatic carbocycles. The monoisotopic (exact) mass is 336 g/mol. The van der Waals surface area contributed by atoms with E-state index >= 15 is 0 Å². The number of carbonyl (C=O) groups excluding carboxylic acids is 1. The Morgan fingerprint density at radius 2 is 1.90 bits per heavy atom. The average Bonchev–Trinajstić information content (AvgIpc) is 2.31. The van der Waals surface area contributed by atoms with E-state index in [0.29, 0.717) is 6.29 Å². The Balaban J connectivity index is 3.04. The maximum Gasteiger partial charge on any atom is 0.192 e. The predicted molar refractivity (Wildman–Crippen MR) is 83.8 cm³/mol. The molecule has 0 amide bonds. The van der Waals surface area contributed by atoms with Crippen LogP contribution in [0.3, 0.4) is 0 Å². The maximum atomic E-state index is 14.1. The topological polar surface area (TPSA) is 26.3 Å². The normalized spacial score (nSPS) is 12.6. The van der Waals surface area contributed by atoms with Crippen molar-refractivity contribution in [2.45, 2.75) is 45.5 Å². The minimum atomic E-state index is -1.99. The van der Waals surface area contributed by atoms with Crippen LogP contribution in [-0.2, 0) is 11.0 Å². The van der Waals surface area contributed by atoms with Crippen LogP contribution in [0.25, 0.3) is 0 Å². The molecule has 0 spiro atoms. The van der Waals surface area contributed by atoms with E-state index < -0.39 is 14.1 Å². The number of benzene rings is 1. The van der Waals surface area contributed by atoms with Crippen LogP contribution in [0.1, 0.15) is 36.7 Å². The molecule has 1 aromatic carbocycles. The summed E-state index contributed by atoms with van der Waals surface area (Å²) in [7, 11) is -1.99. The molecular weight excluding hydrogens is 318 g/mol. The van der Waals surface area contributed by atoms with E-state index in [1.165, 1.54) is 6.07 Å². The lowest BCUT2D eigenvalue weighted by atomic mass is 10.1. The molecule has 0 unspecified atom stereocenters. The molecule has 0 radical (unpaired) electrons. The third kappa shape index (κ3) is 3.61. The van der Waals surface area contributed by atoms with E-state index in [1.54, 1.807) is 0 Å². The predicted octanol–water partition coefficient (Wildman–Crippen LogP) is 5.47. The molecule has 0 bridgehead atoms. The molecule has 0 fully saturated rings. The zero-order chi connectivity index (χ0) is 15.7. The summed E-state index contributed by atoms with van der Waals surface area (Å²) in [5.41, 5.74) is 0.248. The highest BCUT2D eigenvalue weighted by atomic mass is 35.5. The Morgan fingerprint density at radius 1 is 1.35 bits per heavy atom. The molecule has 20 heavy (non-hydrogen) atoms. The molecule has 0 atom stereocenters. The Labute approximate surface area is 130 Å². The number of hydrogen-bond acceptors (Lipinski definition) is 2. The van der Waals surface area contributed by atoms with Crippen molar-refractivity contribution in [3.63, 3.8) is 0 Å². The fraction of sp³-hybridized carbons (Fsp3) is 0.500. The molecular formula is C14H19Cl2FO2Si. The summed E-state index contributed by atoms with van der Waals surface area (Å²) in [6, 6.07) is 1.40. The van der Waals surface area contributed by atoms with Gasteiger partial charge in [0.2, 0.25) is 0 Å². The average molecular weight is 337 g/mol. The SMILES string of the molecule is CC(C)(C)[Si](C)(C)OCc1cc(Cl)c(C=O)c(Cl)c1F. The molecule has 0 N–H and O–H groups in total. The van der Waals surface area contributed by atoms with Gasteiger partial charge in [0.05, 0.1) is 22.2 Å². The third-order valence-corrected chi connectivity index (χ3v) is 8.94. The first-order valence-corrected chi connectivity index (χ1v) is 9.93. The molecule has 1 rings (SSSR count). The highest BCUT2D eigenvalue weighted by Crippen LogP contribution is 2.38. The Kier molecular flexibility index (Phi) is 5.41. The molecule has 0 heterocycles. The summed E-state index contributed by atoms with van der Waals surface area (Å²) in [6.07, 6.45) is 0.451. The van der Waals surface area contributed by atoms with Gasteiger partial charge >= 0.3 is 0 Å². The fourth-order valence-electron chi connectivity index (χ4n) is 1.35. The van der Waals surface area contributed by atoms with Crippen molar-refractivity contribution in [1.82, 2.24) is 0 Å². The molecule has 0 aromatic heterocycles. The first kappa shape index (κ1) is 17.6. The minimum Gasteiger partial charge on any atom is -0.412 e. The number of rotatable bonds is 4. The van der Waals surface area contributed by atoms with Crippen molar-refractivity contribution in [3.05, 3.63) is 33.1 Å². The largest absolute Gasteiger partial charge is 0.412 e. The summed E-state index contributed by atoms with van der Waals surface area (Å²) < 4.78 is 20.0. The van der Waals surface area contributed by atoms with E-state index in [-0.39, 0.29) is 32.8 Å². The molecule has 112 valence electrons. The summed E-state index contributed by atoms with van der Waals surface area (Å²) in [5.74, 6) is -0.642. The van der Waals surface area contributed by atoms with Gasteiger partial charge in [0, 0.05) is 5.56 Å². The van der Waals surface area contributed by atoms with Crippen molar-refractivity contribution in [1.29, 1.82) is 0 Å². The molecule has 0 aliphatic heterocycles.